The molecule has 0 saturated carbocycles. The molecule has 0 unspecified atom stereocenters. The second-order valence-corrected chi connectivity index (χ2v) is 8.88. The Morgan fingerprint density at radius 3 is 2.50 bits per heavy atom. The zero-order chi connectivity index (χ0) is 24.1. The van der Waals surface area contributed by atoms with Gasteiger partial charge in [-0.15, -0.1) is 0 Å². The van der Waals surface area contributed by atoms with Crippen molar-refractivity contribution in [3.63, 3.8) is 0 Å². The van der Waals surface area contributed by atoms with E-state index in [9.17, 15) is 9.59 Å². The number of aromatic nitrogens is 4. The SMILES string of the molecule is CC(C)(C)c1nc(-c2ccc(NC(=O)c3cccc(NC(=O)CCn4ccnc4)c3)cc2)no1. The van der Waals surface area contributed by atoms with Crippen molar-refractivity contribution in [3.8, 4) is 11.4 Å². The van der Waals surface area contributed by atoms with Gasteiger partial charge in [0, 0.05) is 53.3 Å². The molecule has 9 heteroatoms. The van der Waals surface area contributed by atoms with E-state index in [0.717, 1.165) is 5.56 Å². The number of nitrogens with zero attached hydrogens (tertiary/aromatic N) is 4. The quantitative estimate of drug-likeness (QED) is 0.421. The number of aryl methyl sites for hydroxylation is 1. The van der Waals surface area contributed by atoms with Gasteiger partial charge in [-0.05, 0) is 42.5 Å². The Morgan fingerprint density at radius 2 is 1.82 bits per heavy atom. The summed E-state index contributed by atoms with van der Waals surface area (Å²) >= 11 is 0. The molecule has 0 spiro atoms. The van der Waals surface area contributed by atoms with E-state index in [1.54, 1.807) is 55.1 Å². The first kappa shape index (κ1) is 22.9. The van der Waals surface area contributed by atoms with Crippen molar-refractivity contribution >= 4 is 23.2 Å². The molecular weight excluding hydrogens is 432 g/mol. The van der Waals surface area contributed by atoms with Crippen molar-refractivity contribution < 1.29 is 14.1 Å². The molecule has 0 atom stereocenters. The van der Waals surface area contributed by atoms with E-state index in [-0.39, 0.29) is 17.2 Å². The van der Waals surface area contributed by atoms with Gasteiger partial charge in [0.05, 0.1) is 6.33 Å². The highest BCUT2D eigenvalue weighted by molar-refractivity contribution is 6.05. The number of amides is 2. The average molecular weight is 459 g/mol. The van der Waals surface area contributed by atoms with Gasteiger partial charge in [0.15, 0.2) is 0 Å². The first-order valence-corrected chi connectivity index (χ1v) is 10.9. The summed E-state index contributed by atoms with van der Waals surface area (Å²) < 4.78 is 7.17. The molecular formula is C25H26N6O3. The molecule has 0 aliphatic carbocycles. The van der Waals surface area contributed by atoms with Crippen molar-refractivity contribution in [2.75, 3.05) is 10.6 Å². The maximum absolute atomic E-state index is 12.7. The fourth-order valence-electron chi connectivity index (χ4n) is 3.16. The summed E-state index contributed by atoms with van der Waals surface area (Å²) in [6, 6.07) is 14.0. The summed E-state index contributed by atoms with van der Waals surface area (Å²) in [6.07, 6.45) is 5.44. The van der Waals surface area contributed by atoms with E-state index in [4.69, 9.17) is 4.52 Å². The Balaban J connectivity index is 1.36. The van der Waals surface area contributed by atoms with Gasteiger partial charge in [-0.1, -0.05) is 32.0 Å². The second kappa shape index (κ2) is 9.70. The third kappa shape index (κ3) is 5.74. The van der Waals surface area contributed by atoms with Crippen LogP contribution in [0.2, 0.25) is 0 Å². The topological polar surface area (TPSA) is 115 Å². The zero-order valence-electron chi connectivity index (χ0n) is 19.3. The number of carbonyl (C=O) groups excluding carboxylic acids is 2. The third-order valence-electron chi connectivity index (χ3n) is 5.03. The molecule has 9 nitrogen and oxygen atoms in total. The smallest absolute Gasteiger partial charge is 0.255 e. The fourth-order valence-corrected chi connectivity index (χ4v) is 3.16. The summed E-state index contributed by atoms with van der Waals surface area (Å²) in [5.41, 5.74) is 2.18. The van der Waals surface area contributed by atoms with Crippen LogP contribution in [0, 0.1) is 0 Å². The van der Waals surface area contributed by atoms with Crippen LogP contribution in [0.1, 0.15) is 43.4 Å². The van der Waals surface area contributed by atoms with Crippen LogP contribution in [0.15, 0.2) is 71.8 Å². The summed E-state index contributed by atoms with van der Waals surface area (Å²) in [5.74, 6) is 0.641. The molecule has 2 heterocycles. The van der Waals surface area contributed by atoms with E-state index < -0.39 is 0 Å². The Morgan fingerprint density at radius 1 is 1.03 bits per heavy atom. The Bertz CT molecular complexity index is 1270. The van der Waals surface area contributed by atoms with E-state index >= 15 is 0 Å². The van der Waals surface area contributed by atoms with Crippen LogP contribution in [-0.4, -0.2) is 31.5 Å². The number of hydrogen-bond donors (Lipinski definition) is 2. The normalized spacial score (nSPS) is 11.3. The Kier molecular flexibility index (Phi) is 6.53. The number of carbonyl (C=O) groups is 2. The van der Waals surface area contributed by atoms with E-state index in [0.29, 0.717) is 41.6 Å². The molecule has 0 fully saturated rings. The largest absolute Gasteiger partial charge is 0.338 e. The van der Waals surface area contributed by atoms with Gasteiger partial charge in [0.1, 0.15) is 0 Å². The average Bonchev–Trinajstić information content (AvgIpc) is 3.51. The van der Waals surface area contributed by atoms with Crippen molar-refractivity contribution in [3.05, 3.63) is 78.7 Å². The van der Waals surface area contributed by atoms with E-state index in [1.807, 2.05) is 37.5 Å². The Hall–Kier alpha value is -4.27. The van der Waals surface area contributed by atoms with Crippen LogP contribution in [0.5, 0.6) is 0 Å². The van der Waals surface area contributed by atoms with Gasteiger partial charge in [-0.25, -0.2) is 4.98 Å². The molecule has 174 valence electrons. The van der Waals surface area contributed by atoms with Gasteiger partial charge in [0.25, 0.3) is 5.91 Å². The summed E-state index contributed by atoms with van der Waals surface area (Å²) in [6.45, 7) is 6.55. The highest BCUT2D eigenvalue weighted by atomic mass is 16.5. The number of benzene rings is 2. The van der Waals surface area contributed by atoms with Crippen molar-refractivity contribution in [2.45, 2.75) is 39.2 Å². The van der Waals surface area contributed by atoms with Gasteiger partial charge < -0.3 is 19.7 Å². The molecule has 2 N–H and O–H groups in total. The lowest BCUT2D eigenvalue weighted by molar-refractivity contribution is -0.116. The van der Waals surface area contributed by atoms with Gasteiger partial charge in [-0.3, -0.25) is 9.59 Å². The fraction of sp³-hybridized carbons (Fsp3) is 0.240. The monoisotopic (exact) mass is 458 g/mol. The van der Waals surface area contributed by atoms with Crippen molar-refractivity contribution in [2.24, 2.45) is 0 Å². The van der Waals surface area contributed by atoms with Gasteiger partial charge in [-0.2, -0.15) is 4.98 Å². The highest BCUT2D eigenvalue weighted by Crippen LogP contribution is 2.25. The Labute approximate surface area is 197 Å². The van der Waals surface area contributed by atoms with Crippen LogP contribution in [0.3, 0.4) is 0 Å². The minimum atomic E-state index is -0.281. The number of hydrogen-bond acceptors (Lipinski definition) is 6. The summed E-state index contributed by atoms with van der Waals surface area (Å²) in [4.78, 5) is 33.4. The molecule has 0 saturated heterocycles. The maximum Gasteiger partial charge on any atom is 0.255 e. The second-order valence-electron chi connectivity index (χ2n) is 8.88. The number of anilines is 2. The van der Waals surface area contributed by atoms with E-state index in [2.05, 4.69) is 25.8 Å². The highest BCUT2D eigenvalue weighted by Gasteiger charge is 2.22. The number of rotatable bonds is 7. The number of imidazole rings is 1. The predicted octanol–water partition coefficient (Wildman–Crippen LogP) is 4.51. The first-order chi connectivity index (χ1) is 16.3. The molecule has 2 aromatic carbocycles. The molecule has 4 aromatic rings. The van der Waals surface area contributed by atoms with Crippen LogP contribution < -0.4 is 10.6 Å². The standard InChI is InChI=1S/C25H26N6O3/c1-25(2,3)24-29-22(30-34-24)17-7-9-19(10-8-17)28-23(33)18-5-4-6-20(15-18)27-21(32)11-13-31-14-12-26-16-31/h4-10,12,14-16H,11,13H2,1-3H3,(H,27,32)(H,28,33). The molecule has 34 heavy (non-hydrogen) atoms. The zero-order valence-corrected chi connectivity index (χ0v) is 19.3. The first-order valence-electron chi connectivity index (χ1n) is 10.9. The predicted molar refractivity (Wildman–Crippen MR) is 128 cm³/mol. The van der Waals surface area contributed by atoms with E-state index in [1.165, 1.54) is 0 Å². The molecule has 0 radical (unpaired) electrons. The molecule has 0 aliphatic rings. The third-order valence-corrected chi connectivity index (χ3v) is 5.03. The van der Waals surface area contributed by atoms with Crippen LogP contribution in [0.25, 0.3) is 11.4 Å². The van der Waals surface area contributed by atoms with Gasteiger partial charge >= 0.3 is 0 Å². The summed E-state index contributed by atoms with van der Waals surface area (Å²) in [5, 5.41) is 9.73. The molecule has 0 aliphatic heterocycles. The van der Waals surface area contributed by atoms with Crippen LogP contribution in [0.4, 0.5) is 11.4 Å². The van der Waals surface area contributed by atoms with Crippen LogP contribution in [-0.2, 0) is 16.8 Å². The van der Waals surface area contributed by atoms with Crippen LogP contribution >= 0.6 is 0 Å². The summed E-state index contributed by atoms with van der Waals surface area (Å²) in [7, 11) is 0. The lowest BCUT2D eigenvalue weighted by atomic mass is 9.97. The molecule has 2 amide bonds. The van der Waals surface area contributed by atoms with Crippen molar-refractivity contribution in [1.29, 1.82) is 0 Å². The number of nitrogens with one attached hydrogen (secondary N) is 2. The molecule has 2 aromatic heterocycles. The van der Waals surface area contributed by atoms with Crippen molar-refractivity contribution in [1.82, 2.24) is 19.7 Å². The van der Waals surface area contributed by atoms with Gasteiger partial charge in [0.2, 0.25) is 17.6 Å². The lowest BCUT2D eigenvalue weighted by Gasteiger charge is -2.10. The lowest BCUT2D eigenvalue weighted by Crippen LogP contribution is -2.15. The maximum atomic E-state index is 12.7. The molecule has 4 rings (SSSR count). The minimum absolute atomic E-state index is 0.141. The molecule has 0 bridgehead atoms. The minimum Gasteiger partial charge on any atom is -0.338 e.